The zero-order valence-electron chi connectivity index (χ0n) is 15.7. The number of halogens is 1. The largest absolute Gasteiger partial charge is 0.394 e. The molecule has 3 heterocycles. The second-order valence-corrected chi connectivity index (χ2v) is 6.64. The number of pyridine rings is 1. The number of morpholine rings is 1. The summed E-state index contributed by atoms with van der Waals surface area (Å²) < 4.78 is 5.85. The first-order valence-electron chi connectivity index (χ1n) is 8.86. The zero-order chi connectivity index (χ0) is 21.0. The highest BCUT2D eigenvalue weighted by Gasteiger charge is 2.35. The highest BCUT2D eigenvalue weighted by atomic mass is 35.5. The lowest BCUT2D eigenvalue weighted by Gasteiger charge is -2.40. The van der Waals surface area contributed by atoms with Crippen molar-refractivity contribution in [1.29, 1.82) is 0 Å². The fraction of sp³-hybridized carbons (Fsp3) is 0.316. The Hall–Kier alpha value is -2.88. The van der Waals surface area contributed by atoms with Crippen LogP contribution >= 0.6 is 11.6 Å². The van der Waals surface area contributed by atoms with Crippen molar-refractivity contribution in [2.24, 2.45) is 0 Å². The van der Waals surface area contributed by atoms with Crippen LogP contribution in [0.25, 0.3) is 11.4 Å². The maximum absolute atomic E-state index is 12.1. The third kappa shape index (κ3) is 4.42. The van der Waals surface area contributed by atoms with E-state index in [4.69, 9.17) is 16.3 Å². The standard InChI is InChI=1S/C19H20ClN5O4/c1-3-17(27)25-4-5-29-18(15(25)9-26)11-6-13(24-16(20)7-11)12-8-14(19(28)21-2)23-10-22-12/h3,6-8,10,15,18,26H,1,4-5,9H2,2H3,(H,21,28)/t15-,18-/m0/s1. The van der Waals surface area contributed by atoms with Crippen molar-refractivity contribution in [2.75, 3.05) is 26.8 Å². The summed E-state index contributed by atoms with van der Waals surface area (Å²) in [5, 5.41) is 12.6. The Morgan fingerprint density at radius 3 is 2.86 bits per heavy atom. The number of amides is 2. The molecule has 10 heteroatoms. The fourth-order valence-electron chi connectivity index (χ4n) is 3.18. The van der Waals surface area contributed by atoms with E-state index in [-0.39, 0.29) is 29.3 Å². The van der Waals surface area contributed by atoms with Gasteiger partial charge < -0.3 is 20.1 Å². The van der Waals surface area contributed by atoms with Crippen LogP contribution in [0, 0.1) is 0 Å². The van der Waals surface area contributed by atoms with E-state index in [1.54, 1.807) is 12.1 Å². The molecule has 2 amide bonds. The van der Waals surface area contributed by atoms with Gasteiger partial charge in [-0.2, -0.15) is 0 Å². The number of nitrogens with one attached hydrogen (secondary N) is 1. The van der Waals surface area contributed by atoms with E-state index in [1.165, 1.54) is 30.4 Å². The van der Waals surface area contributed by atoms with Crippen molar-refractivity contribution in [2.45, 2.75) is 12.1 Å². The molecule has 0 radical (unpaired) electrons. The number of aromatic nitrogens is 3. The molecule has 2 N–H and O–H groups in total. The number of carbonyl (C=O) groups excluding carboxylic acids is 2. The molecular formula is C19H20ClN5O4. The molecule has 0 bridgehead atoms. The summed E-state index contributed by atoms with van der Waals surface area (Å²) in [6.07, 6.45) is 1.86. The quantitative estimate of drug-likeness (QED) is 0.550. The van der Waals surface area contributed by atoms with E-state index in [0.29, 0.717) is 30.1 Å². The normalized spacial score (nSPS) is 18.9. The van der Waals surface area contributed by atoms with Crippen LogP contribution in [-0.2, 0) is 9.53 Å². The molecule has 0 unspecified atom stereocenters. The van der Waals surface area contributed by atoms with Crippen LogP contribution < -0.4 is 5.32 Å². The first-order valence-corrected chi connectivity index (χ1v) is 9.23. The molecule has 1 aliphatic heterocycles. The van der Waals surface area contributed by atoms with Gasteiger partial charge in [0.05, 0.1) is 30.6 Å². The molecule has 0 spiro atoms. The van der Waals surface area contributed by atoms with Gasteiger partial charge in [-0.25, -0.2) is 15.0 Å². The van der Waals surface area contributed by atoms with E-state index in [0.717, 1.165) is 0 Å². The zero-order valence-corrected chi connectivity index (χ0v) is 16.5. The van der Waals surface area contributed by atoms with Crippen molar-refractivity contribution < 1.29 is 19.4 Å². The van der Waals surface area contributed by atoms with Crippen molar-refractivity contribution in [3.63, 3.8) is 0 Å². The molecule has 2 atom stereocenters. The van der Waals surface area contributed by atoms with Crippen LogP contribution in [0.4, 0.5) is 0 Å². The van der Waals surface area contributed by atoms with Gasteiger partial charge in [-0.05, 0) is 29.8 Å². The molecule has 0 aromatic carbocycles. The van der Waals surface area contributed by atoms with Gasteiger partial charge in [0.15, 0.2) is 0 Å². The van der Waals surface area contributed by atoms with Gasteiger partial charge in [-0.1, -0.05) is 18.2 Å². The summed E-state index contributed by atoms with van der Waals surface area (Å²) in [7, 11) is 1.51. The number of carbonyl (C=O) groups is 2. The van der Waals surface area contributed by atoms with Gasteiger partial charge >= 0.3 is 0 Å². The average Bonchev–Trinajstić information content (AvgIpc) is 2.76. The summed E-state index contributed by atoms with van der Waals surface area (Å²) in [5.74, 6) is -0.644. The Bertz CT molecular complexity index is 939. The lowest BCUT2D eigenvalue weighted by molar-refractivity contribution is -0.144. The average molecular weight is 418 g/mol. The molecule has 0 saturated carbocycles. The second kappa shape index (κ2) is 9.08. The van der Waals surface area contributed by atoms with Crippen LogP contribution in [0.15, 0.2) is 37.2 Å². The Morgan fingerprint density at radius 1 is 1.38 bits per heavy atom. The molecule has 152 valence electrons. The minimum Gasteiger partial charge on any atom is -0.394 e. The summed E-state index contributed by atoms with van der Waals surface area (Å²) >= 11 is 6.22. The maximum atomic E-state index is 12.1. The minimum atomic E-state index is -0.614. The lowest BCUT2D eigenvalue weighted by Crippen LogP contribution is -2.51. The van der Waals surface area contributed by atoms with Crippen LogP contribution in [0.1, 0.15) is 22.2 Å². The lowest BCUT2D eigenvalue weighted by atomic mass is 9.99. The number of aliphatic hydroxyl groups excluding tert-OH is 1. The van der Waals surface area contributed by atoms with E-state index >= 15 is 0 Å². The van der Waals surface area contributed by atoms with Crippen LogP contribution in [0.3, 0.4) is 0 Å². The van der Waals surface area contributed by atoms with Crippen molar-refractivity contribution in [1.82, 2.24) is 25.2 Å². The van der Waals surface area contributed by atoms with Crippen LogP contribution in [0.5, 0.6) is 0 Å². The number of hydrogen-bond donors (Lipinski definition) is 2. The maximum Gasteiger partial charge on any atom is 0.269 e. The SMILES string of the molecule is C=CC(=O)N1CCO[C@@H](c2cc(Cl)nc(-c3cc(C(=O)NC)ncn3)c2)[C@@H]1CO. The molecule has 9 nitrogen and oxygen atoms in total. The van der Waals surface area contributed by atoms with Crippen molar-refractivity contribution in [3.8, 4) is 11.4 Å². The summed E-state index contributed by atoms with van der Waals surface area (Å²) in [5.41, 5.74) is 1.62. The molecule has 1 fully saturated rings. The molecule has 2 aromatic rings. The van der Waals surface area contributed by atoms with E-state index in [2.05, 4.69) is 26.8 Å². The topological polar surface area (TPSA) is 118 Å². The van der Waals surface area contributed by atoms with Gasteiger partial charge in [0, 0.05) is 13.6 Å². The van der Waals surface area contributed by atoms with Gasteiger partial charge in [0.2, 0.25) is 5.91 Å². The van der Waals surface area contributed by atoms with E-state index in [9.17, 15) is 14.7 Å². The van der Waals surface area contributed by atoms with Gasteiger partial charge in [0.1, 0.15) is 23.3 Å². The summed E-state index contributed by atoms with van der Waals surface area (Å²) in [4.78, 5) is 37.9. The first-order chi connectivity index (χ1) is 14.0. The van der Waals surface area contributed by atoms with Crippen molar-refractivity contribution in [3.05, 3.63) is 53.6 Å². The Kier molecular flexibility index (Phi) is 6.53. The highest BCUT2D eigenvalue weighted by molar-refractivity contribution is 6.29. The smallest absolute Gasteiger partial charge is 0.269 e. The molecular weight excluding hydrogens is 398 g/mol. The van der Waals surface area contributed by atoms with Gasteiger partial charge in [-0.15, -0.1) is 0 Å². The van der Waals surface area contributed by atoms with Crippen LogP contribution in [-0.4, -0.2) is 69.6 Å². The first kappa shape index (κ1) is 20.8. The third-order valence-corrected chi connectivity index (χ3v) is 4.75. The Balaban J connectivity index is 2.00. The van der Waals surface area contributed by atoms with E-state index < -0.39 is 12.1 Å². The number of nitrogens with zero attached hydrogens (tertiary/aromatic N) is 4. The molecule has 1 aliphatic rings. The summed E-state index contributed by atoms with van der Waals surface area (Å²) in [6.45, 7) is 3.85. The fourth-order valence-corrected chi connectivity index (χ4v) is 3.40. The predicted molar refractivity (Wildman–Crippen MR) is 105 cm³/mol. The molecule has 29 heavy (non-hydrogen) atoms. The summed E-state index contributed by atoms with van der Waals surface area (Å²) in [6, 6.07) is 4.21. The molecule has 1 saturated heterocycles. The van der Waals surface area contributed by atoms with Crippen molar-refractivity contribution >= 4 is 23.4 Å². The van der Waals surface area contributed by atoms with Crippen LogP contribution in [0.2, 0.25) is 5.15 Å². The number of hydrogen-bond acceptors (Lipinski definition) is 7. The van der Waals surface area contributed by atoms with Gasteiger partial charge in [-0.3, -0.25) is 9.59 Å². The van der Waals surface area contributed by atoms with E-state index in [1.807, 2.05) is 0 Å². The minimum absolute atomic E-state index is 0.185. The Labute approximate surface area is 172 Å². The molecule has 0 aliphatic carbocycles. The molecule has 2 aromatic heterocycles. The Morgan fingerprint density at radius 2 is 2.17 bits per heavy atom. The molecule has 3 rings (SSSR count). The number of aliphatic hydroxyl groups is 1. The highest BCUT2D eigenvalue weighted by Crippen LogP contribution is 2.32. The van der Waals surface area contributed by atoms with Gasteiger partial charge in [0.25, 0.3) is 5.91 Å². The third-order valence-electron chi connectivity index (χ3n) is 4.56. The second-order valence-electron chi connectivity index (χ2n) is 6.25. The monoisotopic (exact) mass is 417 g/mol. The number of ether oxygens (including phenoxy) is 1. The predicted octanol–water partition coefficient (Wildman–Crippen LogP) is 0.998. The number of rotatable bonds is 5.